The summed E-state index contributed by atoms with van der Waals surface area (Å²) in [5, 5.41) is 9.01. The van der Waals surface area contributed by atoms with Crippen LogP contribution in [0.2, 0.25) is 0 Å². The molecule has 0 fully saturated rings. The Labute approximate surface area is 106 Å². The van der Waals surface area contributed by atoms with Crippen molar-refractivity contribution in [2.24, 2.45) is 5.41 Å². The molecule has 18 heavy (non-hydrogen) atoms. The number of carboxylic acid groups (broad SMARTS) is 1. The minimum absolute atomic E-state index is 0.296. The summed E-state index contributed by atoms with van der Waals surface area (Å²) in [6, 6.07) is 6.69. The van der Waals surface area contributed by atoms with Crippen LogP contribution in [0, 0.1) is 5.41 Å². The van der Waals surface area contributed by atoms with E-state index in [1.807, 2.05) is 0 Å². The van der Waals surface area contributed by atoms with Crippen molar-refractivity contribution in [2.75, 3.05) is 0 Å². The van der Waals surface area contributed by atoms with Gasteiger partial charge >= 0.3 is 5.97 Å². The van der Waals surface area contributed by atoms with Gasteiger partial charge in [-0.1, -0.05) is 24.3 Å². The molecule has 0 bridgehead atoms. The first-order valence-electron chi connectivity index (χ1n) is 5.79. The molecule has 2 nitrogen and oxygen atoms in total. The fourth-order valence-corrected chi connectivity index (χ4v) is 1.72. The van der Waals surface area contributed by atoms with Crippen molar-refractivity contribution in [3.8, 4) is 0 Å². The fourth-order valence-electron chi connectivity index (χ4n) is 1.72. The average molecular weight is 256 g/mol. The molecule has 0 spiro atoms. The lowest BCUT2D eigenvalue weighted by atomic mass is 9.85. The molecule has 0 amide bonds. The summed E-state index contributed by atoms with van der Waals surface area (Å²) in [7, 11) is 0. The number of carboxylic acids is 1. The summed E-state index contributed by atoms with van der Waals surface area (Å²) in [4.78, 5) is 11.0. The fraction of sp³-hybridized carbons (Fsp3) is 0.500. The highest BCUT2D eigenvalue weighted by Gasteiger charge is 2.27. The molecule has 100 valence electrons. The Bertz CT molecular complexity index is 416. The van der Waals surface area contributed by atoms with Gasteiger partial charge in [0, 0.05) is 6.42 Å². The Morgan fingerprint density at radius 3 is 1.78 bits per heavy atom. The lowest BCUT2D eigenvalue weighted by Crippen LogP contribution is -2.26. The van der Waals surface area contributed by atoms with Gasteiger partial charge in [0.2, 0.25) is 5.92 Å². The summed E-state index contributed by atoms with van der Waals surface area (Å²) >= 11 is 0. The number of rotatable bonds is 5. The Kier molecular flexibility index (Phi) is 4.09. The summed E-state index contributed by atoms with van der Waals surface area (Å²) in [6.07, 6.45) is 0.0841. The van der Waals surface area contributed by atoms with Crippen LogP contribution in [0.5, 0.6) is 0 Å². The van der Waals surface area contributed by atoms with Gasteiger partial charge in [-0.2, -0.15) is 0 Å². The minimum Gasteiger partial charge on any atom is -0.481 e. The third-order valence-corrected chi connectivity index (χ3v) is 2.76. The molecule has 0 unspecified atom stereocenters. The van der Waals surface area contributed by atoms with E-state index in [0.717, 1.165) is 12.5 Å². The summed E-state index contributed by atoms with van der Waals surface area (Å²) in [5.41, 5.74) is 0.542. The predicted octanol–water partition coefficient (Wildman–Crippen LogP) is 3.54. The van der Waals surface area contributed by atoms with Crippen LogP contribution in [0.4, 0.5) is 8.78 Å². The van der Waals surface area contributed by atoms with E-state index in [4.69, 9.17) is 5.11 Å². The molecule has 0 saturated heterocycles. The number of aliphatic carboxylic acids is 1. The van der Waals surface area contributed by atoms with Gasteiger partial charge in [-0.25, -0.2) is 8.78 Å². The van der Waals surface area contributed by atoms with E-state index in [0.29, 0.717) is 12.0 Å². The van der Waals surface area contributed by atoms with Crippen LogP contribution in [0.1, 0.15) is 31.9 Å². The second kappa shape index (κ2) is 5.04. The van der Waals surface area contributed by atoms with E-state index in [1.54, 1.807) is 38.1 Å². The molecule has 0 aliphatic rings. The van der Waals surface area contributed by atoms with E-state index < -0.39 is 17.3 Å². The highest BCUT2D eigenvalue weighted by Crippen LogP contribution is 2.24. The third-order valence-electron chi connectivity index (χ3n) is 2.76. The summed E-state index contributed by atoms with van der Waals surface area (Å²) in [6.45, 7) is 4.17. The van der Waals surface area contributed by atoms with E-state index in [9.17, 15) is 13.6 Å². The van der Waals surface area contributed by atoms with Crippen LogP contribution in [0.25, 0.3) is 0 Å². The van der Waals surface area contributed by atoms with Crippen molar-refractivity contribution in [1.82, 2.24) is 0 Å². The average Bonchev–Trinajstić information content (AvgIpc) is 2.18. The first kappa shape index (κ1) is 14.6. The molecular formula is C14H18F2O2. The van der Waals surface area contributed by atoms with Gasteiger partial charge < -0.3 is 5.11 Å². The number of carbonyl (C=O) groups is 1. The number of hydrogen-bond donors (Lipinski definition) is 1. The van der Waals surface area contributed by atoms with Crippen molar-refractivity contribution in [3.05, 3.63) is 35.4 Å². The Morgan fingerprint density at radius 2 is 1.44 bits per heavy atom. The highest BCUT2D eigenvalue weighted by molar-refractivity contribution is 5.74. The monoisotopic (exact) mass is 256 g/mol. The molecule has 0 aliphatic heterocycles. The van der Waals surface area contributed by atoms with Crippen LogP contribution in [0.3, 0.4) is 0 Å². The molecule has 0 atom stereocenters. The van der Waals surface area contributed by atoms with Crippen molar-refractivity contribution >= 4 is 5.97 Å². The van der Waals surface area contributed by atoms with E-state index in [1.165, 1.54) is 0 Å². The lowest BCUT2D eigenvalue weighted by Gasteiger charge is -2.19. The minimum atomic E-state index is -2.72. The predicted molar refractivity (Wildman–Crippen MR) is 65.9 cm³/mol. The topological polar surface area (TPSA) is 37.3 Å². The Morgan fingerprint density at radius 1 is 1.06 bits per heavy atom. The molecule has 1 rings (SSSR count). The van der Waals surface area contributed by atoms with Crippen LogP contribution < -0.4 is 0 Å². The molecule has 0 aliphatic carbocycles. The van der Waals surface area contributed by atoms with Gasteiger partial charge in [-0.3, -0.25) is 4.79 Å². The molecule has 0 heterocycles. The van der Waals surface area contributed by atoms with Gasteiger partial charge in [0.15, 0.2) is 0 Å². The molecule has 1 aromatic carbocycles. The van der Waals surface area contributed by atoms with Gasteiger partial charge in [-0.15, -0.1) is 0 Å². The van der Waals surface area contributed by atoms with Gasteiger partial charge in [0.05, 0.1) is 5.41 Å². The number of alkyl halides is 2. The first-order chi connectivity index (χ1) is 8.10. The van der Waals surface area contributed by atoms with Crippen molar-refractivity contribution in [2.45, 2.75) is 39.5 Å². The maximum Gasteiger partial charge on any atom is 0.309 e. The third kappa shape index (κ3) is 4.43. The largest absolute Gasteiger partial charge is 0.481 e. The van der Waals surface area contributed by atoms with Crippen molar-refractivity contribution < 1.29 is 18.7 Å². The van der Waals surface area contributed by atoms with E-state index in [2.05, 4.69) is 0 Å². The zero-order chi connectivity index (χ0) is 14.0. The smallest absolute Gasteiger partial charge is 0.309 e. The first-order valence-corrected chi connectivity index (χ1v) is 5.79. The van der Waals surface area contributed by atoms with Gasteiger partial charge in [-0.05, 0) is 38.3 Å². The SMILES string of the molecule is CC(F)(F)Cc1ccc(CC(C)(C)C(=O)O)cc1. The normalized spacial score (nSPS) is 12.5. The highest BCUT2D eigenvalue weighted by atomic mass is 19.3. The summed E-state index contributed by atoms with van der Waals surface area (Å²) in [5.74, 6) is -3.59. The zero-order valence-electron chi connectivity index (χ0n) is 10.8. The molecular weight excluding hydrogens is 238 g/mol. The Balaban J connectivity index is 2.75. The number of hydrogen-bond acceptors (Lipinski definition) is 1. The maximum absolute atomic E-state index is 12.8. The van der Waals surface area contributed by atoms with Gasteiger partial charge in [0.25, 0.3) is 0 Å². The summed E-state index contributed by atoms with van der Waals surface area (Å²) < 4.78 is 25.6. The van der Waals surface area contributed by atoms with Crippen LogP contribution in [-0.2, 0) is 17.6 Å². The second-order valence-electron chi connectivity index (χ2n) is 5.43. The van der Waals surface area contributed by atoms with E-state index >= 15 is 0 Å². The maximum atomic E-state index is 12.8. The molecule has 0 radical (unpaired) electrons. The molecule has 0 saturated carbocycles. The van der Waals surface area contributed by atoms with Crippen molar-refractivity contribution in [1.29, 1.82) is 0 Å². The van der Waals surface area contributed by atoms with Crippen LogP contribution >= 0.6 is 0 Å². The van der Waals surface area contributed by atoms with E-state index in [-0.39, 0.29) is 6.42 Å². The zero-order valence-corrected chi connectivity index (χ0v) is 10.8. The van der Waals surface area contributed by atoms with Gasteiger partial charge in [0.1, 0.15) is 0 Å². The number of benzene rings is 1. The second-order valence-corrected chi connectivity index (χ2v) is 5.43. The lowest BCUT2D eigenvalue weighted by molar-refractivity contribution is -0.146. The van der Waals surface area contributed by atoms with Crippen LogP contribution in [0.15, 0.2) is 24.3 Å². The Hall–Kier alpha value is -1.45. The molecule has 1 N–H and O–H groups in total. The molecule has 1 aromatic rings. The quantitative estimate of drug-likeness (QED) is 0.875. The number of halogens is 2. The van der Waals surface area contributed by atoms with Crippen molar-refractivity contribution in [3.63, 3.8) is 0 Å². The molecule has 0 aromatic heterocycles. The van der Waals surface area contributed by atoms with Crippen LogP contribution in [-0.4, -0.2) is 17.0 Å². The standard InChI is InChI=1S/C14H18F2O2/c1-13(2,12(17)18)8-10-4-6-11(7-5-10)9-14(3,15)16/h4-7H,8-9H2,1-3H3,(H,17,18). The molecule has 4 heteroatoms.